The molecule has 2 amide bonds. The summed E-state index contributed by atoms with van der Waals surface area (Å²) < 4.78 is 7.86. The number of aromatic nitrogens is 1. The van der Waals surface area contributed by atoms with Crippen molar-refractivity contribution in [3.63, 3.8) is 0 Å². The predicted octanol–water partition coefficient (Wildman–Crippen LogP) is 6.08. The van der Waals surface area contributed by atoms with E-state index in [1.807, 2.05) is 49.4 Å². The van der Waals surface area contributed by atoms with Crippen molar-refractivity contribution in [2.24, 2.45) is 0 Å². The van der Waals surface area contributed by atoms with Crippen molar-refractivity contribution in [2.45, 2.75) is 46.6 Å². The van der Waals surface area contributed by atoms with Crippen molar-refractivity contribution >= 4 is 22.6 Å². The summed E-state index contributed by atoms with van der Waals surface area (Å²) in [6.07, 6.45) is 1.99. The number of hydrogen-bond acceptors (Lipinski definition) is 3. The first-order valence-electron chi connectivity index (χ1n) is 10.9. The Bertz CT molecular complexity index is 1090. The van der Waals surface area contributed by atoms with Crippen LogP contribution >= 0.6 is 0 Å². The molecule has 31 heavy (non-hydrogen) atoms. The highest BCUT2D eigenvalue weighted by Gasteiger charge is 2.21. The molecule has 0 fully saturated rings. The minimum Gasteiger partial charge on any atom is -0.494 e. The Morgan fingerprint density at radius 3 is 2.52 bits per heavy atom. The number of urea groups is 1. The Morgan fingerprint density at radius 2 is 1.90 bits per heavy atom. The Labute approximate surface area is 183 Å². The number of fused-ring (bicyclic) bond motifs is 1. The molecule has 6 heteroatoms. The molecule has 162 valence electrons. The van der Waals surface area contributed by atoms with Gasteiger partial charge in [-0.1, -0.05) is 25.5 Å². The van der Waals surface area contributed by atoms with Gasteiger partial charge in [-0.2, -0.15) is 5.26 Å². The smallest absolute Gasteiger partial charge is 0.319 e. The Hall–Kier alpha value is -3.46. The van der Waals surface area contributed by atoms with Gasteiger partial charge in [-0.3, -0.25) is 0 Å². The molecule has 0 spiro atoms. The lowest BCUT2D eigenvalue weighted by Gasteiger charge is -2.16. The van der Waals surface area contributed by atoms with E-state index in [2.05, 4.69) is 42.0 Å². The van der Waals surface area contributed by atoms with Crippen LogP contribution in [0.25, 0.3) is 22.2 Å². The van der Waals surface area contributed by atoms with Crippen LogP contribution in [0.4, 0.5) is 10.5 Å². The van der Waals surface area contributed by atoms with E-state index < -0.39 is 0 Å². The largest absolute Gasteiger partial charge is 0.494 e. The van der Waals surface area contributed by atoms with Crippen LogP contribution < -0.4 is 15.4 Å². The first-order valence-corrected chi connectivity index (χ1v) is 10.9. The first-order chi connectivity index (χ1) is 15.0. The van der Waals surface area contributed by atoms with E-state index in [1.165, 1.54) is 0 Å². The van der Waals surface area contributed by atoms with Crippen molar-refractivity contribution in [1.29, 1.82) is 5.26 Å². The predicted molar refractivity (Wildman–Crippen MR) is 126 cm³/mol. The highest BCUT2D eigenvalue weighted by atomic mass is 16.5. The summed E-state index contributed by atoms with van der Waals surface area (Å²) in [6, 6.07) is 15.8. The van der Waals surface area contributed by atoms with E-state index in [9.17, 15) is 10.1 Å². The average Bonchev–Trinajstić information content (AvgIpc) is 3.08. The Morgan fingerprint density at radius 1 is 1.16 bits per heavy atom. The number of unbranched alkanes of at least 4 members (excludes halogenated alkanes) is 1. The third kappa shape index (κ3) is 4.83. The number of nitrogens with one attached hydrogen (secondary N) is 2. The number of anilines is 1. The van der Waals surface area contributed by atoms with Crippen LogP contribution in [0.15, 0.2) is 42.5 Å². The van der Waals surface area contributed by atoms with Gasteiger partial charge >= 0.3 is 6.03 Å². The molecule has 0 aliphatic carbocycles. The molecule has 0 radical (unpaired) electrons. The molecule has 3 aromatic rings. The van der Waals surface area contributed by atoms with Gasteiger partial charge in [0.15, 0.2) is 0 Å². The van der Waals surface area contributed by atoms with Crippen LogP contribution in [0.3, 0.4) is 0 Å². The van der Waals surface area contributed by atoms with Crippen molar-refractivity contribution in [3.05, 3.63) is 48.0 Å². The zero-order chi connectivity index (χ0) is 22.4. The second kappa shape index (κ2) is 10.0. The van der Waals surface area contributed by atoms with Crippen LogP contribution in [0.2, 0.25) is 0 Å². The molecular weight excluding hydrogens is 388 g/mol. The third-order valence-electron chi connectivity index (χ3n) is 5.15. The number of nitriles is 1. The fourth-order valence-electron chi connectivity index (χ4n) is 3.75. The van der Waals surface area contributed by atoms with Gasteiger partial charge < -0.3 is 19.9 Å². The zero-order valence-corrected chi connectivity index (χ0v) is 18.7. The molecule has 0 saturated heterocycles. The van der Waals surface area contributed by atoms with Gasteiger partial charge in [0.1, 0.15) is 11.8 Å². The van der Waals surface area contributed by atoms with E-state index in [4.69, 9.17) is 4.74 Å². The standard InChI is InChI=1S/C25H30N4O2/c1-5-7-14-27-25(30)28-19-10-8-18(9-11-19)24-22(16-26)21-13-12-20(31-6-2)15-23(21)29(24)17(3)4/h8-13,15,17H,5-7,14H2,1-4H3,(H2,27,28,30). The molecule has 1 aromatic heterocycles. The summed E-state index contributed by atoms with van der Waals surface area (Å²) in [6.45, 7) is 9.50. The van der Waals surface area contributed by atoms with Gasteiger partial charge in [0, 0.05) is 29.7 Å². The lowest BCUT2D eigenvalue weighted by atomic mass is 10.1. The van der Waals surface area contributed by atoms with Crippen molar-refractivity contribution in [2.75, 3.05) is 18.5 Å². The average molecular weight is 419 g/mol. The van der Waals surface area contributed by atoms with Crippen LogP contribution in [0.1, 0.15) is 52.1 Å². The number of amides is 2. The fraction of sp³-hybridized carbons (Fsp3) is 0.360. The summed E-state index contributed by atoms with van der Waals surface area (Å²) >= 11 is 0. The van der Waals surface area contributed by atoms with Gasteiger partial charge in [-0.15, -0.1) is 0 Å². The van der Waals surface area contributed by atoms with Crippen molar-refractivity contribution in [3.8, 4) is 23.1 Å². The summed E-state index contributed by atoms with van der Waals surface area (Å²) in [5, 5.41) is 16.6. The highest BCUT2D eigenvalue weighted by molar-refractivity contribution is 5.96. The monoisotopic (exact) mass is 418 g/mol. The number of carbonyl (C=O) groups excluding carboxylic acids is 1. The lowest BCUT2D eigenvalue weighted by Crippen LogP contribution is -2.29. The van der Waals surface area contributed by atoms with Crippen molar-refractivity contribution in [1.82, 2.24) is 9.88 Å². The third-order valence-corrected chi connectivity index (χ3v) is 5.15. The number of ether oxygens (including phenoxy) is 1. The SMILES string of the molecule is CCCCNC(=O)Nc1ccc(-c2c(C#N)c3ccc(OCC)cc3n2C(C)C)cc1. The summed E-state index contributed by atoms with van der Waals surface area (Å²) in [4.78, 5) is 12.0. The van der Waals surface area contributed by atoms with Gasteiger partial charge in [0.05, 0.1) is 23.4 Å². The van der Waals surface area contributed by atoms with Crippen LogP contribution in [0, 0.1) is 11.3 Å². The van der Waals surface area contributed by atoms with Crippen LogP contribution in [-0.2, 0) is 0 Å². The number of hydrogen-bond donors (Lipinski definition) is 2. The first kappa shape index (κ1) is 22.2. The van der Waals surface area contributed by atoms with Gasteiger partial charge in [-0.05, 0) is 57.0 Å². The minimum absolute atomic E-state index is 0.152. The molecule has 6 nitrogen and oxygen atoms in total. The van der Waals surface area contributed by atoms with Gasteiger partial charge in [0.2, 0.25) is 0 Å². The Kier molecular flexibility index (Phi) is 7.19. The van der Waals surface area contributed by atoms with E-state index in [-0.39, 0.29) is 12.1 Å². The topological polar surface area (TPSA) is 79.1 Å². The normalized spacial score (nSPS) is 10.8. The van der Waals surface area contributed by atoms with Crippen LogP contribution in [-0.4, -0.2) is 23.7 Å². The molecule has 0 bridgehead atoms. The number of nitrogens with zero attached hydrogens (tertiary/aromatic N) is 2. The maximum Gasteiger partial charge on any atom is 0.319 e. The summed E-state index contributed by atoms with van der Waals surface area (Å²) in [5.41, 5.74) is 4.13. The molecular formula is C25H30N4O2. The minimum atomic E-state index is -0.210. The Balaban J connectivity index is 1.99. The highest BCUT2D eigenvalue weighted by Crippen LogP contribution is 2.37. The zero-order valence-electron chi connectivity index (χ0n) is 18.7. The van der Waals surface area contributed by atoms with Gasteiger partial charge in [0.25, 0.3) is 0 Å². The van der Waals surface area contributed by atoms with Crippen molar-refractivity contribution < 1.29 is 9.53 Å². The van der Waals surface area contributed by atoms with E-state index in [0.717, 1.165) is 40.8 Å². The van der Waals surface area contributed by atoms with E-state index in [0.29, 0.717) is 24.4 Å². The molecule has 0 atom stereocenters. The maximum absolute atomic E-state index is 12.0. The molecule has 3 rings (SSSR count). The second-order valence-electron chi connectivity index (χ2n) is 7.72. The quantitative estimate of drug-likeness (QED) is 0.435. The summed E-state index contributed by atoms with van der Waals surface area (Å²) in [5.74, 6) is 0.791. The maximum atomic E-state index is 12.0. The molecule has 2 aromatic carbocycles. The number of benzene rings is 2. The lowest BCUT2D eigenvalue weighted by molar-refractivity contribution is 0.252. The van der Waals surface area contributed by atoms with Crippen LogP contribution in [0.5, 0.6) is 5.75 Å². The van der Waals surface area contributed by atoms with E-state index in [1.54, 1.807) is 0 Å². The number of rotatable bonds is 8. The molecule has 0 aliphatic heterocycles. The second-order valence-corrected chi connectivity index (χ2v) is 7.72. The molecule has 0 unspecified atom stereocenters. The number of carbonyl (C=O) groups is 1. The fourth-order valence-corrected chi connectivity index (χ4v) is 3.75. The van der Waals surface area contributed by atoms with E-state index >= 15 is 0 Å². The van der Waals surface area contributed by atoms with Gasteiger partial charge in [-0.25, -0.2) is 4.79 Å². The molecule has 2 N–H and O–H groups in total. The molecule has 1 heterocycles. The summed E-state index contributed by atoms with van der Waals surface area (Å²) in [7, 11) is 0. The molecule has 0 saturated carbocycles. The molecule has 0 aliphatic rings.